The number of nitrogens with zero attached hydrogens (tertiary/aromatic N) is 3. The van der Waals surface area contributed by atoms with Crippen molar-refractivity contribution >= 4 is 22.7 Å². The van der Waals surface area contributed by atoms with E-state index in [4.69, 9.17) is 0 Å². The molecule has 2 atom stereocenters. The Balaban J connectivity index is 1.86. The minimum atomic E-state index is -0.788. The SMILES string of the molecule is CCCN(c1ccncc1)[N+]1(C(=O)O)CCCCC1c1ccc2[nH]ccc2c1. The van der Waals surface area contributed by atoms with Gasteiger partial charge in [0.2, 0.25) is 0 Å². The minimum Gasteiger partial charge on any atom is -0.434 e. The van der Waals surface area contributed by atoms with Crippen molar-refractivity contribution in [2.45, 2.75) is 38.6 Å². The topological polar surface area (TPSA) is 69.2 Å². The monoisotopic (exact) mass is 379 g/mol. The van der Waals surface area contributed by atoms with Crippen molar-refractivity contribution < 1.29 is 14.5 Å². The number of aromatic amines is 1. The lowest BCUT2D eigenvalue weighted by Gasteiger charge is -2.49. The maximum atomic E-state index is 12.9. The number of fused-ring (bicyclic) bond motifs is 1. The van der Waals surface area contributed by atoms with Gasteiger partial charge in [0.1, 0.15) is 12.6 Å². The second-order valence-electron chi connectivity index (χ2n) is 7.50. The molecule has 6 nitrogen and oxygen atoms in total. The maximum absolute atomic E-state index is 12.9. The lowest BCUT2D eigenvalue weighted by Crippen LogP contribution is -2.67. The highest BCUT2D eigenvalue weighted by Crippen LogP contribution is 2.42. The Kier molecular flexibility index (Phi) is 5.05. The molecule has 1 amide bonds. The quantitative estimate of drug-likeness (QED) is 0.604. The summed E-state index contributed by atoms with van der Waals surface area (Å²) < 4.78 is -0.0756. The molecule has 6 heteroatoms. The van der Waals surface area contributed by atoms with Crippen molar-refractivity contribution in [2.24, 2.45) is 0 Å². The molecule has 1 aliphatic heterocycles. The molecule has 1 saturated heterocycles. The number of carboxylic acid groups (broad SMARTS) is 1. The largest absolute Gasteiger partial charge is 0.539 e. The third kappa shape index (κ3) is 3.03. The fourth-order valence-corrected chi connectivity index (χ4v) is 4.61. The van der Waals surface area contributed by atoms with Gasteiger partial charge in [0.25, 0.3) is 0 Å². The Morgan fingerprint density at radius 3 is 2.82 bits per heavy atom. The van der Waals surface area contributed by atoms with Gasteiger partial charge in [0.05, 0.1) is 12.2 Å². The van der Waals surface area contributed by atoms with Crippen LogP contribution in [0.2, 0.25) is 0 Å². The molecular weight excluding hydrogens is 352 g/mol. The van der Waals surface area contributed by atoms with Gasteiger partial charge in [0.15, 0.2) is 0 Å². The smallest absolute Gasteiger partial charge is 0.434 e. The van der Waals surface area contributed by atoms with Crippen LogP contribution in [0.3, 0.4) is 0 Å². The third-order valence-electron chi connectivity index (χ3n) is 5.86. The predicted octanol–water partition coefficient (Wildman–Crippen LogP) is 5.11. The van der Waals surface area contributed by atoms with Crippen LogP contribution in [-0.4, -0.2) is 38.8 Å². The number of carbonyl (C=O) groups is 1. The second-order valence-corrected chi connectivity index (χ2v) is 7.50. The van der Waals surface area contributed by atoms with Gasteiger partial charge in [-0.1, -0.05) is 13.0 Å². The van der Waals surface area contributed by atoms with Crippen LogP contribution in [0.1, 0.15) is 44.2 Å². The molecule has 0 saturated carbocycles. The van der Waals surface area contributed by atoms with E-state index in [1.165, 1.54) is 0 Å². The number of nitrogens with one attached hydrogen (secondary N) is 1. The van der Waals surface area contributed by atoms with Crippen LogP contribution >= 0.6 is 0 Å². The number of likely N-dealkylation sites (tertiary alicyclic amines) is 1. The van der Waals surface area contributed by atoms with E-state index in [1.54, 1.807) is 12.4 Å². The van der Waals surface area contributed by atoms with Crippen molar-refractivity contribution in [3.63, 3.8) is 0 Å². The lowest BCUT2D eigenvalue weighted by molar-refractivity contribution is -0.902. The van der Waals surface area contributed by atoms with Gasteiger partial charge in [-0.15, -0.1) is 4.59 Å². The first-order chi connectivity index (χ1) is 13.7. The van der Waals surface area contributed by atoms with E-state index >= 15 is 0 Å². The van der Waals surface area contributed by atoms with Gasteiger partial charge in [-0.2, -0.15) is 4.79 Å². The molecule has 0 radical (unpaired) electrons. The molecule has 0 aliphatic carbocycles. The van der Waals surface area contributed by atoms with E-state index in [-0.39, 0.29) is 10.6 Å². The first-order valence-corrected chi connectivity index (χ1v) is 10.0. The highest BCUT2D eigenvalue weighted by Gasteiger charge is 2.52. The average Bonchev–Trinajstić information content (AvgIpc) is 3.20. The molecule has 146 valence electrons. The van der Waals surface area contributed by atoms with Crippen LogP contribution < -0.4 is 5.01 Å². The Morgan fingerprint density at radius 2 is 2.07 bits per heavy atom. The van der Waals surface area contributed by atoms with Crippen molar-refractivity contribution in [3.8, 4) is 0 Å². The van der Waals surface area contributed by atoms with Gasteiger partial charge in [-0.05, 0) is 55.0 Å². The second kappa shape index (κ2) is 7.64. The molecule has 0 spiro atoms. The highest BCUT2D eigenvalue weighted by molar-refractivity contribution is 5.80. The van der Waals surface area contributed by atoms with Gasteiger partial charge in [0, 0.05) is 36.1 Å². The summed E-state index contributed by atoms with van der Waals surface area (Å²) in [5.41, 5.74) is 3.07. The molecule has 2 aromatic heterocycles. The Labute approximate surface area is 165 Å². The molecule has 1 aliphatic rings. The normalized spacial score (nSPS) is 22.2. The maximum Gasteiger partial charge on any atom is 0.539 e. The number of benzene rings is 1. The molecule has 0 bridgehead atoms. The van der Waals surface area contributed by atoms with Crippen LogP contribution in [-0.2, 0) is 0 Å². The zero-order valence-electron chi connectivity index (χ0n) is 16.2. The number of piperidine rings is 1. The zero-order valence-corrected chi connectivity index (χ0v) is 16.2. The fraction of sp³-hybridized carbons (Fsp3) is 0.364. The van der Waals surface area contributed by atoms with Crippen LogP contribution in [0.25, 0.3) is 10.9 Å². The molecule has 3 aromatic rings. The van der Waals surface area contributed by atoms with Crippen molar-refractivity contribution in [3.05, 3.63) is 60.6 Å². The zero-order chi connectivity index (χ0) is 19.6. The Hall–Kier alpha value is -2.86. The average molecular weight is 379 g/mol. The molecule has 3 heterocycles. The number of hydrogen-bond acceptors (Lipinski definition) is 3. The first-order valence-electron chi connectivity index (χ1n) is 10.0. The van der Waals surface area contributed by atoms with E-state index in [1.807, 2.05) is 24.4 Å². The summed E-state index contributed by atoms with van der Waals surface area (Å²) >= 11 is 0. The summed E-state index contributed by atoms with van der Waals surface area (Å²) in [5, 5.41) is 13.7. The number of quaternary nitrogens is 1. The summed E-state index contributed by atoms with van der Waals surface area (Å²) in [6.45, 7) is 3.37. The molecule has 28 heavy (non-hydrogen) atoms. The van der Waals surface area contributed by atoms with E-state index in [0.717, 1.165) is 47.8 Å². The van der Waals surface area contributed by atoms with Crippen molar-refractivity contribution in [1.82, 2.24) is 9.97 Å². The molecular formula is C22H27N4O2+. The van der Waals surface area contributed by atoms with Crippen molar-refractivity contribution in [1.29, 1.82) is 0 Å². The predicted molar refractivity (Wildman–Crippen MR) is 110 cm³/mol. The van der Waals surface area contributed by atoms with Gasteiger partial charge >= 0.3 is 6.09 Å². The van der Waals surface area contributed by atoms with Gasteiger partial charge in [-0.3, -0.25) is 4.98 Å². The number of pyridine rings is 1. The Morgan fingerprint density at radius 1 is 1.25 bits per heavy atom. The highest BCUT2D eigenvalue weighted by atomic mass is 16.4. The molecule has 1 aromatic carbocycles. The number of aromatic nitrogens is 2. The molecule has 4 rings (SSSR count). The summed E-state index contributed by atoms with van der Waals surface area (Å²) in [7, 11) is 0. The molecule has 2 unspecified atom stereocenters. The van der Waals surface area contributed by atoms with Gasteiger partial charge in [-0.25, -0.2) is 5.01 Å². The number of H-pyrrole nitrogens is 1. The summed E-state index contributed by atoms with van der Waals surface area (Å²) in [5.74, 6) is 0. The van der Waals surface area contributed by atoms with Gasteiger partial charge < -0.3 is 10.1 Å². The Bertz CT molecular complexity index is 955. The summed E-state index contributed by atoms with van der Waals surface area (Å²) in [4.78, 5) is 20.2. The van der Waals surface area contributed by atoms with Crippen LogP contribution in [0.15, 0.2) is 55.0 Å². The molecule has 2 N–H and O–H groups in total. The van der Waals surface area contributed by atoms with E-state index in [0.29, 0.717) is 13.1 Å². The van der Waals surface area contributed by atoms with Crippen LogP contribution in [0.4, 0.5) is 10.5 Å². The summed E-state index contributed by atoms with van der Waals surface area (Å²) in [6, 6.07) is 12.1. The van der Waals surface area contributed by atoms with E-state index in [2.05, 4.69) is 40.1 Å². The third-order valence-corrected chi connectivity index (χ3v) is 5.86. The number of rotatable bonds is 5. The standard InChI is InChI=1S/C22H26N4O2/c1-2-14-25(19-9-11-23-12-10-19)26(22(27)28)15-4-3-5-21(26)18-6-7-20-17(16-18)8-13-24-20/h6-13,16,21,24H,2-5,14-15H2,1H3/p+1. The summed E-state index contributed by atoms with van der Waals surface area (Å²) in [6.07, 6.45) is 8.29. The van der Waals surface area contributed by atoms with Crippen molar-refractivity contribution in [2.75, 3.05) is 18.1 Å². The first kappa shape index (κ1) is 18.5. The lowest BCUT2D eigenvalue weighted by atomic mass is 9.93. The van der Waals surface area contributed by atoms with Crippen LogP contribution in [0.5, 0.6) is 0 Å². The van der Waals surface area contributed by atoms with E-state index < -0.39 is 6.09 Å². The fourth-order valence-electron chi connectivity index (χ4n) is 4.61. The van der Waals surface area contributed by atoms with E-state index in [9.17, 15) is 9.90 Å². The number of amides is 1. The molecule has 1 fully saturated rings. The number of hydrogen-bond donors (Lipinski definition) is 2. The number of anilines is 1. The minimum absolute atomic E-state index is 0.0756. The van der Waals surface area contributed by atoms with Crippen LogP contribution in [0, 0.1) is 0 Å².